The van der Waals surface area contributed by atoms with Crippen LogP contribution in [0.4, 0.5) is 0 Å². The Bertz CT molecular complexity index is 154. The minimum absolute atomic E-state index is 0.359. The molecule has 1 aliphatic rings. The third-order valence-electron chi connectivity index (χ3n) is 1.95. The Labute approximate surface area is 75.5 Å². The molecule has 5 N–H and O–H groups in total. The van der Waals surface area contributed by atoms with Gasteiger partial charge in [0, 0.05) is 0 Å². The van der Waals surface area contributed by atoms with Crippen molar-refractivity contribution in [3.63, 3.8) is 0 Å². The maximum atomic E-state index is 9.30. The summed E-state index contributed by atoms with van der Waals surface area (Å²) in [4.78, 5) is 0. The van der Waals surface area contributed by atoms with E-state index < -0.39 is 29.8 Å². The topological polar surface area (TPSA) is 95.9 Å². The molecule has 0 amide bonds. The van der Waals surface area contributed by atoms with E-state index in [9.17, 15) is 10.2 Å². The molecule has 0 aliphatic carbocycles. The van der Waals surface area contributed by atoms with Crippen LogP contribution in [0, 0.1) is 0 Å². The van der Waals surface area contributed by atoms with Gasteiger partial charge in [-0.25, -0.2) is 0 Å². The fraction of sp³-hybridized carbons (Fsp3) is 1.00. The number of nitrogens with two attached hydrogens (primary N) is 1. The van der Waals surface area contributed by atoms with Crippen molar-refractivity contribution in [3.05, 3.63) is 0 Å². The third kappa shape index (κ3) is 1.73. The van der Waals surface area contributed by atoms with Gasteiger partial charge in [0.1, 0.15) is 23.7 Å². The smallest absolute Gasteiger partial charge is 0.118 e. The largest absolute Gasteiger partial charge is 0.394 e. The van der Waals surface area contributed by atoms with E-state index >= 15 is 0 Å². The molecule has 3 unspecified atom stereocenters. The number of thiol groups is 1. The highest BCUT2D eigenvalue weighted by Gasteiger charge is 2.40. The highest BCUT2D eigenvalue weighted by molar-refractivity contribution is 7.80. The van der Waals surface area contributed by atoms with Crippen LogP contribution in [0.1, 0.15) is 0 Å². The lowest BCUT2D eigenvalue weighted by Gasteiger charge is -2.38. The van der Waals surface area contributed by atoms with Gasteiger partial charge in [0.25, 0.3) is 0 Å². The molecule has 1 saturated heterocycles. The second kappa shape index (κ2) is 3.91. The summed E-state index contributed by atoms with van der Waals surface area (Å²) in [5.74, 6) is 0. The first-order chi connectivity index (χ1) is 5.57. The number of hydrogen-bond acceptors (Lipinski definition) is 6. The van der Waals surface area contributed by atoms with Crippen LogP contribution in [-0.2, 0) is 4.74 Å². The normalized spacial score (nSPS) is 49.2. The number of hydrogen-bond donors (Lipinski definition) is 5. The molecule has 1 heterocycles. The van der Waals surface area contributed by atoms with E-state index in [1.165, 1.54) is 0 Å². The van der Waals surface area contributed by atoms with Crippen LogP contribution < -0.4 is 5.73 Å². The van der Waals surface area contributed by atoms with Gasteiger partial charge in [0.05, 0.1) is 12.6 Å². The van der Waals surface area contributed by atoms with Crippen LogP contribution in [0.3, 0.4) is 0 Å². The summed E-state index contributed by atoms with van der Waals surface area (Å²) < 4.78 is 5.01. The highest BCUT2D eigenvalue weighted by atomic mass is 32.1. The van der Waals surface area contributed by atoms with Crippen LogP contribution in [0.25, 0.3) is 0 Å². The Morgan fingerprint density at radius 3 is 2.42 bits per heavy atom. The van der Waals surface area contributed by atoms with E-state index in [1.807, 2.05) is 0 Å². The Balaban J connectivity index is 2.63. The van der Waals surface area contributed by atoms with Gasteiger partial charge in [-0.3, -0.25) is 0 Å². The second-order valence-corrected chi connectivity index (χ2v) is 3.32. The van der Waals surface area contributed by atoms with Crippen LogP contribution in [0.15, 0.2) is 0 Å². The lowest BCUT2D eigenvalue weighted by atomic mass is 9.99. The van der Waals surface area contributed by atoms with Gasteiger partial charge in [-0.2, -0.15) is 0 Å². The van der Waals surface area contributed by atoms with Crippen LogP contribution in [0.5, 0.6) is 0 Å². The highest BCUT2D eigenvalue weighted by Crippen LogP contribution is 2.21. The standard InChI is InChI=1S/C6H13NO4S/c7-3-5(10)4(9)2(1-8)11-6(3)12/h2-6,8-10,12H,1,7H2/t2?,3?,4-,5?,6-/m1/s1. The van der Waals surface area contributed by atoms with E-state index in [4.69, 9.17) is 15.6 Å². The van der Waals surface area contributed by atoms with E-state index in [1.54, 1.807) is 0 Å². The van der Waals surface area contributed by atoms with Crippen molar-refractivity contribution in [1.82, 2.24) is 0 Å². The zero-order chi connectivity index (χ0) is 9.30. The van der Waals surface area contributed by atoms with Gasteiger partial charge in [0.2, 0.25) is 0 Å². The zero-order valence-electron chi connectivity index (χ0n) is 6.37. The first-order valence-electron chi connectivity index (χ1n) is 3.64. The van der Waals surface area contributed by atoms with Gasteiger partial charge in [0.15, 0.2) is 0 Å². The fourth-order valence-corrected chi connectivity index (χ4v) is 1.45. The van der Waals surface area contributed by atoms with Gasteiger partial charge in [-0.15, -0.1) is 12.6 Å². The molecule has 1 fully saturated rings. The predicted octanol–water partition coefficient (Wildman–Crippen LogP) is -2.32. The van der Waals surface area contributed by atoms with Crippen molar-refractivity contribution in [2.45, 2.75) is 29.8 Å². The van der Waals surface area contributed by atoms with E-state index in [0.717, 1.165) is 0 Å². The van der Waals surface area contributed by atoms with Crippen molar-refractivity contribution in [2.75, 3.05) is 6.61 Å². The summed E-state index contributed by atoms with van der Waals surface area (Å²) in [6, 6.07) is -0.730. The van der Waals surface area contributed by atoms with Crippen molar-refractivity contribution < 1.29 is 20.1 Å². The fourth-order valence-electron chi connectivity index (χ4n) is 1.12. The Morgan fingerprint density at radius 2 is 1.92 bits per heavy atom. The summed E-state index contributed by atoms with van der Waals surface area (Å²) in [6.45, 7) is -0.359. The molecule has 1 rings (SSSR count). The first-order valence-corrected chi connectivity index (χ1v) is 4.15. The van der Waals surface area contributed by atoms with Crippen LogP contribution in [0.2, 0.25) is 0 Å². The third-order valence-corrected chi connectivity index (χ3v) is 2.41. The Kier molecular flexibility index (Phi) is 3.33. The summed E-state index contributed by atoms with van der Waals surface area (Å²) in [7, 11) is 0. The maximum Gasteiger partial charge on any atom is 0.118 e. The van der Waals surface area contributed by atoms with Gasteiger partial charge in [-0.1, -0.05) is 0 Å². The van der Waals surface area contributed by atoms with E-state index in [2.05, 4.69) is 12.6 Å². The number of ether oxygens (including phenoxy) is 1. The lowest BCUT2D eigenvalue weighted by Crippen LogP contribution is -2.60. The van der Waals surface area contributed by atoms with Crippen LogP contribution in [-0.4, -0.2) is 51.7 Å². The molecule has 0 spiro atoms. The minimum atomic E-state index is -1.15. The average Bonchev–Trinajstić information content (AvgIpc) is 2.08. The SMILES string of the molecule is NC1C(O)[C@H](O)C(CO)O[C@@H]1S. The lowest BCUT2D eigenvalue weighted by molar-refractivity contribution is -0.165. The zero-order valence-corrected chi connectivity index (χ0v) is 7.26. The second-order valence-electron chi connectivity index (χ2n) is 2.81. The number of aliphatic hydroxyl groups is 3. The van der Waals surface area contributed by atoms with Crippen molar-refractivity contribution in [1.29, 1.82) is 0 Å². The van der Waals surface area contributed by atoms with Crippen LogP contribution >= 0.6 is 12.6 Å². The number of aliphatic hydroxyl groups excluding tert-OH is 3. The van der Waals surface area contributed by atoms with Gasteiger partial charge < -0.3 is 25.8 Å². The summed E-state index contributed by atoms with van der Waals surface area (Å²) in [5.41, 5.74) is 4.78. The van der Waals surface area contributed by atoms with Crippen molar-refractivity contribution in [3.8, 4) is 0 Å². The molecule has 0 saturated carbocycles. The molecule has 5 nitrogen and oxygen atoms in total. The molecule has 0 aromatic carbocycles. The van der Waals surface area contributed by atoms with Gasteiger partial charge >= 0.3 is 0 Å². The summed E-state index contributed by atoms with van der Waals surface area (Å²) >= 11 is 3.94. The quantitative estimate of drug-likeness (QED) is 0.303. The predicted molar refractivity (Wildman–Crippen MR) is 44.7 cm³/mol. The molecular weight excluding hydrogens is 182 g/mol. The Morgan fingerprint density at radius 1 is 1.33 bits per heavy atom. The molecule has 72 valence electrons. The molecule has 0 bridgehead atoms. The monoisotopic (exact) mass is 195 g/mol. The molecule has 5 atom stereocenters. The summed E-state index contributed by atoms with van der Waals surface area (Å²) in [5, 5.41) is 27.3. The van der Waals surface area contributed by atoms with E-state index in [-0.39, 0.29) is 6.61 Å². The van der Waals surface area contributed by atoms with Gasteiger partial charge in [-0.05, 0) is 0 Å². The molecule has 1 aliphatic heterocycles. The minimum Gasteiger partial charge on any atom is -0.394 e. The molecule has 0 aromatic rings. The van der Waals surface area contributed by atoms with Crippen molar-refractivity contribution in [2.24, 2.45) is 5.73 Å². The molecule has 6 heteroatoms. The first kappa shape index (κ1) is 10.2. The maximum absolute atomic E-state index is 9.30. The molecule has 0 aromatic heterocycles. The number of rotatable bonds is 1. The Hall–Kier alpha value is 0.150. The average molecular weight is 195 g/mol. The van der Waals surface area contributed by atoms with Crippen molar-refractivity contribution >= 4 is 12.6 Å². The molecular formula is C6H13NO4S. The molecule has 12 heavy (non-hydrogen) atoms. The van der Waals surface area contributed by atoms with E-state index in [0.29, 0.717) is 0 Å². The summed E-state index contributed by atoms with van der Waals surface area (Å²) in [6.07, 6.45) is -3.05. The molecule has 0 radical (unpaired) electrons.